The maximum atomic E-state index is 13.0. The van der Waals surface area contributed by atoms with Crippen LogP contribution in [0.2, 0.25) is 0 Å². The summed E-state index contributed by atoms with van der Waals surface area (Å²) in [5.41, 5.74) is 0.921. The van der Waals surface area contributed by atoms with Crippen molar-refractivity contribution in [2.75, 3.05) is 20.2 Å². The molecule has 1 aliphatic heterocycles. The molecule has 1 unspecified atom stereocenters. The summed E-state index contributed by atoms with van der Waals surface area (Å²) in [6, 6.07) is 9.11. The van der Waals surface area contributed by atoms with Crippen molar-refractivity contribution in [3.8, 4) is 5.75 Å². The van der Waals surface area contributed by atoms with E-state index in [1.165, 1.54) is 27.0 Å². The molecule has 1 aromatic carbocycles. The number of benzene rings is 1. The molecule has 10 heteroatoms. The average Bonchev–Trinajstić information content (AvgIpc) is 3.41. The zero-order chi connectivity index (χ0) is 21.3. The topological polar surface area (TPSA) is 81.0 Å². The zero-order valence-corrected chi connectivity index (χ0v) is 19.2. The van der Waals surface area contributed by atoms with Crippen molar-refractivity contribution in [2.45, 2.75) is 30.5 Å². The number of carbonyl (C=O) groups excluding carboxylic acids is 1. The van der Waals surface area contributed by atoms with Crippen molar-refractivity contribution >= 4 is 48.8 Å². The summed E-state index contributed by atoms with van der Waals surface area (Å²) in [6.45, 7) is 3.25. The highest BCUT2D eigenvalue weighted by molar-refractivity contribution is 7.91. The molecule has 3 aromatic rings. The van der Waals surface area contributed by atoms with Crippen LogP contribution in [0.15, 0.2) is 44.9 Å². The smallest absolute Gasteiger partial charge is 0.252 e. The molecular weight excluding hydrogens is 442 g/mol. The van der Waals surface area contributed by atoms with Gasteiger partial charge in [-0.25, -0.2) is 8.42 Å². The van der Waals surface area contributed by atoms with Crippen LogP contribution in [0.5, 0.6) is 5.75 Å². The fraction of sp³-hybridized carbons (Fsp3) is 0.400. The molecule has 0 bridgehead atoms. The Morgan fingerprint density at radius 1 is 1.30 bits per heavy atom. The molecule has 1 fully saturated rings. The Bertz CT molecular complexity index is 1230. The Labute approximate surface area is 183 Å². The van der Waals surface area contributed by atoms with E-state index in [2.05, 4.69) is 4.99 Å². The normalized spacial score (nSPS) is 18.7. The maximum Gasteiger partial charge on any atom is 0.252 e. The van der Waals surface area contributed by atoms with E-state index >= 15 is 0 Å². The second-order valence-corrected chi connectivity index (χ2v) is 11.1. The Balaban J connectivity index is 1.65. The molecule has 0 saturated carbocycles. The van der Waals surface area contributed by atoms with Gasteiger partial charge < -0.3 is 9.30 Å². The quantitative estimate of drug-likeness (QED) is 0.579. The standard InChI is InChI=1S/C20H23N3O4S3/c1-3-23-18-15(27-2)8-4-9-16(18)29-20(23)21-19(24)14-7-5-11-22(13-14)30(25,26)17-10-6-12-28-17/h4,6,8-10,12,14H,3,5,7,11,13H2,1-2H3. The molecule has 160 valence electrons. The van der Waals surface area contributed by atoms with Gasteiger partial charge in [-0.1, -0.05) is 23.5 Å². The van der Waals surface area contributed by atoms with Crippen LogP contribution in [0.1, 0.15) is 19.8 Å². The lowest BCUT2D eigenvalue weighted by Crippen LogP contribution is -2.42. The highest BCUT2D eigenvalue weighted by atomic mass is 32.2. The van der Waals surface area contributed by atoms with Crippen LogP contribution in [-0.2, 0) is 21.4 Å². The van der Waals surface area contributed by atoms with Gasteiger partial charge in [0.25, 0.3) is 15.9 Å². The van der Waals surface area contributed by atoms with Gasteiger partial charge in [0.1, 0.15) is 15.5 Å². The number of amides is 1. The van der Waals surface area contributed by atoms with Crippen LogP contribution < -0.4 is 9.54 Å². The van der Waals surface area contributed by atoms with Crippen LogP contribution in [-0.4, -0.2) is 43.4 Å². The van der Waals surface area contributed by atoms with Gasteiger partial charge >= 0.3 is 0 Å². The van der Waals surface area contributed by atoms with Crippen molar-refractivity contribution in [2.24, 2.45) is 10.9 Å². The monoisotopic (exact) mass is 465 g/mol. The number of piperidine rings is 1. The molecular formula is C20H23N3O4S3. The van der Waals surface area contributed by atoms with Gasteiger partial charge in [-0.3, -0.25) is 4.79 Å². The summed E-state index contributed by atoms with van der Waals surface area (Å²) in [5.74, 6) is 0.0325. The molecule has 1 amide bonds. The number of ether oxygens (including phenoxy) is 1. The van der Waals surface area contributed by atoms with Crippen molar-refractivity contribution in [1.29, 1.82) is 0 Å². The third kappa shape index (κ3) is 3.84. The Morgan fingerprint density at radius 3 is 2.83 bits per heavy atom. The second kappa shape index (κ2) is 8.62. The SMILES string of the molecule is CCn1c(=NC(=O)C2CCCN(S(=O)(=O)c3cccs3)C2)sc2cccc(OC)c21. The number of hydrogen-bond acceptors (Lipinski definition) is 6. The van der Waals surface area contributed by atoms with Gasteiger partial charge in [0.2, 0.25) is 0 Å². The van der Waals surface area contributed by atoms with E-state index in [9.17, 15) is 13.2 Å². The predicted octanol–water partition coefficient (Wildman–Crippen LogP) is 3.32. The summed E-state index contributed by atoms with van der Waals surface area (Å²) < 4.78 is 35.9. The number of para-hydroxylation sites is 1. The predicted molar refractivity (Wildman–Crippen MR) is 118 cm³/mol. The van der Waals surface area contributed by atoms with Crippen molar-refractivity contribution in [1.82, 2.24) is 8.87 Å². The lowest BCUT2D eigenvalue weighted by molar-refractivity contribution is -0.122. The van der Waals surface area contributed by atoms with Crippen molar-refractivity contribution < 1.29 is 17.9 Å². The van der Waals surface area contributed by atoms with Crippen LogP contribution in [0.3, 0.4) is 0 Å². The minimum absolute atomic E-state index is 0.170. The molecule has 4 rings (SSSR count). The van der Waals surface area contributed by atoms with E-state index in [0.29, 0.717) is 34.9 Å². The minimum atomic E-state index is -3.56. The van der Waals surface area contributed by atoms with Crippen LogP contribution in [0, 0.1) is 5.92 Å². The summed E-state index contributed by atoms with van der Waals surface area (Å²) in [6.07, 6.45) is 1.28. The first-order valence-electron chi connectivity index (χ1n) is 9.74. The number of aromatic nitrogens is 1. The molecule has 0 spiro atoms. The summed E-state index contributed by atoms with van der Waals surface area (Å²) in [4.78, 5) is 18.0. The van der Waals surface area contributed by atoms with E-state index in [4.69, 9.17) is 4.74 Å². The van der Waals surface area contributed by atoms with Crippen molar-refractivity contribution in [3.63, 3.8) is 0 Å². The number of carbonyl (C=O) groups is 1. The highest BCUT2D eigenvalue weighted by Gasteiger charge is 2.33. The largest absolute Gasteiger partial charge is 0.495 e. The maximum absolute atomic E-state index is 13.0. The molecule has 2 aromatic heterocycles. The van der Waals surface area contributed by atoms with Gasteiger partial charge in [-0.2, -0.15) is 9.30 Å². The number of hydrogen-bond donors (Lipinski definition) is 0. The third-order valence-corrected chi connectivity index (χ3v) is 9.51. The van der Waals surface area contributed by atoms with Crippen LogP contribution >= 0.6 is 22.7 Å². The van der Waals surface area contributed by atoms with E-state index in [-0.39, 0.29) is 12.5 Å². The fourth-order valence-corrected chi connectivity index (χ4v) is 7.51. The molecule has 0 aliphatic carbocycles. The number of thiophene rings is 1. The first-order valence-corrected chi connectivity index (χ1v) is 12.9. The molecule has 1 aliphatic rings. The summed E-state index contributed by atoms with van der Waals surface area (Å²) in [7, 11) is -1.94. The Hall–Kier alpha value is -2.01. The first kappa shape index (κ1) is 21.2. The minimum Gasteiger partial charge on any atom is -0.495 e. The Kier molecular flexibility index (Phi) is 6.10. The highest BCUT2D eigenvalue weighted by Crippen LogP contribution is 2.28. The number of aryl methyl sites for hydroxylation is 1. The number of rotatable bonds is 5. The van der Waals surface area contributed by atoms with E-state index < -0.39 is 15.9 Å². The van der Waals surface area contributed by atoms with E-state index in [1.807, 2.05) is 29.7 Å². The molecule has 0 radical (unpaired) electrons. The molecule has 1 atom stereocenters. The molecule has 1 saturated heterocycles. The van der Waals surface area contributed by atoms with Gasteiger partial charge in [0, 0.05) is 19.6 Å². The lowest BCUT2D eigenvalue weighted by Gasteiger charge is -2.29. The summed E-state index contributed by atoms with van der Waals surface area (Å²) >= 11 is 2.64. The number of methoxy groups -OCH3 is 1. The molecule has 7 nitrogen and oxygen atoms in total. The van der Waals surface area contributed by atoms with Crippen LogP contribution in [0.4, 0.5) is 0 Å². The van der Waals surface area contributed by atoms with Crippen LogP contribution in [0.25, 0.3) is 10.2 Å². The lowest BCUT2D eigenvalue weighted by atomic mass is 9.99. The van der Waals surface area contributed by atoms with Gasteiger partial charge in [-0.05, 0) is 43.3 Å². The molecule has 0 N–H and O–H groups in total. The summed E-state index contributed by atoms with van der Waals surface area (Å²) in [5, 5.41) is 1.74. The third-order valence-electron chi connectivity index (χ3n) is 5.23. The number of sulfonamides is 1. The van der Waals surface area contributed by atoms with E-state index in [0.717, 1.165) is 16.0 Å². The van der Waals surface area contributed by atoms with Crippen molar-refractivity contribution in [3.05, 3.63) is 40.5 Å². The zero-order valence-electron chi connectivity index (χ0n) is 16.8. The van der Waals surface area contributed by atoms with Gasteiger partial charge in [0.05, 0.1) is 17.7 Å². The fourth-order valence-electron chi connectivity index (χ4n) is 3.73. The number of fused-ring (bicyclic) bond motifs is 1. The average molecular weight is 466 g/mol. The van der Waals surface area contributed by atoms with E-state index in [1.54, 1.807) is 24.6 Å². The molecule has 3 heterocycles. The molecule has 30 heavy (non-hydrogen) atoms. The van der Waals surface area contributed by atoms with Gasteiger partial charge in [-0.15, -0.1) is 11.3 Å². The second-order valence-electron chi connectivity index (χ2n) is 7.02. The number of thiazole rings is 1. The first-order chi connectivity index (χ1) is 14.5. The van der Waals surface area contributed by atoms with Gasteiger partial charge in [0.15, 0.2) is 4.80 Å². The Morgan fingerprint density at radius 2 is 2.13 bits per heavy atom. The number of nitrogens with zero attached hydrogens (tertiary/aromatic N) is 3.